The number of piperidine rings is 1. The molecule has 250 valence electrons. The van der Waals surface area contributed by atoms with Crippen LogP contribution in [0.25, 0.3) is 11.1 Å². The quantitative estimate of drug-likeness (QED) is 0.166. The van der Waals surface area contributed by atoms with Gasteiger partial charge in [-0.3, -0.25) is 15.0 Å². The number of halogens is 1. The monoisotopic (exact) mass is 675 g/mol. The molecule has 3 heterocycles. The van der Waals surface area contributed by atoms with E-state index in [-0.39, 0.29) is 35.7 Å². The third-order valence-corrected chi connectivity index (χ3v) is 15.3. The molecule has 3 aliphatic rings. The molecule has 10 heteroatoms. The topological polar surface area (TPSA) is 92.4 Å². The van der Waals surface area contributed by atoms with E-state index in [9.17, 15) is 9.59 Å². The molecule has 3 aliphatic heterocycles. The van der Waals surface area contributed by atoms with E-state index >= 15 is 0 Å². The number of epoxide rings is 1. The molecular weight excluding hydrogens is 630 g/mol. The first-order valence-electron chi connectivity index (χ1n) is 16.5. The van der Waals surface area contributed by atoms with E-state index in [0.29, 0.717) is 41.5 Å². The first-order chi connectivity index (χ1) is 22.3. The lowest BCUT2D eigenvalue weighted by Gasteiger charge is -2.37. The van der Waals surface area contributed by atoms with Crippen LogP contribution in [0.2, 0.25) is 23.2 Å². The van der Waals surface area contributed by atoms with Crippen LogP contribution in [-0.2, 0) is 31.7 Å². The minimum atomic E-state index is -1.91. The summed E-state index contributed by atoms with van der Waals surface area (Å²) in [5, 5.41) is 6.67. The molecular formula is C37H46ClN3O5Si. The number of amides is 2. The van der Waals surface area contributed by atoms with E-state index in [1.165, 1.54) is 0 Å². The largest absolute Gasteiger partial charge is 0.446 e. The third-order valence-electron chi connectivity index (χ3n) is 10.4. The van der Waals surface area contributed by atoms with E-state index in [0.717, 1.165) is 35.1 Å². The molecule has 4 atom stereocenters. The molecule has 2 bridgehead atoms. The third kappa shape index (κ3) is 7.60. The SMILES string of the molecule is CN1C2CC(OC(=O)Nc3cc(CCC(=O)Nc4ccc(CO[Si](C)(C)C(C)(C)C)c(Cl)c4)ccc3-c3ccccc3)CC1C1OC12. The first-order valence-corrected chi connectivity index (χ1v) is 19.8. The van der Waals surface area contributed by atoms with Crippen LogP contribution in [0, 0.1) is 0 Å². The van der Waals surface area contributed by atoms with Crippen molar-refractivity contribution < 1.29 is 23.5 Å². The van der Waals surface area contributed by atoms with Crippen molar-refractivity contribution in [2.24, 2.45) is 0 Å². The van der Waals surface area contributed by atoms with Crippen molar-refractivity contribution in [3.63, 3.8) is 0 Å². The van der Waals surface area contributed by atoms with Crippen molar-refractivity contribution >= 4 is 43.3 Å². The fourth-order valence-electron chi connectivity index (χ4n) is 6.51. The van der Waals surface area contributed by atoms with Gasteiger partial charge in [-0.25, -0.2) is 4.79 Å². The molecule has 6 rings (SSSR count). The number of anilines is 2. The maximum atomic E-state index is 13.2. The average Bonchev–Trinajstić information content (AvgIpc) is 3.78. The van der Waals surface area contributed by atoms with Gasteiger partial charge in [0.15, 0.2) is 8.32 Å². The van der Waals surface area contributed by atoms with E-state index < -0.39 is 14.4 Å². The number of hydrogen-bond acceptors (Lipinski definition) is 6. The van der Waals surface area contributed by atoms with Gasteiger partial charge in [-0.2, -0.15) is 0 Å². The lowest BCUT2D eigenvalue weighted by molar-refractivity contribution is -0.116. The van der Waals surface area contributed by atoms with Gasteiger partial charge in [-0.1, -0.05) is 80.9 Å². The van der Waals surface area contributed by atoms with Gasteiger partial charge >= 0.3 is 6.09 Å². The van der Waals surface area contributed by atoms with E-state index in [2.05, 4.69) is 56.4 Å². The lowest BCUT2D eigenvalue weighted by Crippen LogP contribution is -2.48. The number of nitrogens with one attached hydrogen (secondary N) is 2. The predicted molar refractivity (Wildman–Crippen MR) is 189 cm³/mol. The Morgan fingerprint density at radius 2 is 1.68 bits per heavy atom. The summed E-state index contributed by atoms with van der Waals surface area (Å²) in [7, 11) is 0.225. The summed E-state index contributed by atoms with van der Waals surface area (Å²) in [6.45, 7) is 11.5. The molecule has 4 unspecified atom stereocenters. The molecule has 2 N–H and O–H groups in total. The molecule has 3 aromatic rings. The zero-order valence-corrected chi connectivity index (χ0v) is 29.9. The fraction of sp³-hybridized carbons (Fsp3) is 0.459. The van der Waals surface area contributed by atoms with Crippen molar-refractivity contribution in [2.75, 3.05) is 17.7 Å². The maximum absolute atomic E-state index is 13.2. The Balaban J connectivity index is 1.07. The molecule has 8 nitrogen and oxygen atoms in total. The summed E-state index contributed by atoms with van der Waals surface area (Å²) in [5.41, 5.74) is 5.01. The highest BCUT2D eigenvalue weighted by atomic mass is 35.5. The van der Waals surface area contributed by atoms with Crippen LogP contribution in [0.4, 0.5) is 16.2 Å². The van der Waals surface area contributed by atoms with E-state index in [1.807, 2.05) is 60.7 Å². The Morgan fingerprint density at radius 1 is 0.979 bits per heavy atom. The van der Waals surface area contributed by atoms with Gasteiger partial charge in [-0.05, 0) is 66.5 Å². The van der Waals surface area contributed by atoms with Crippen LogP contribution in [0.3, 0.4) is 0 Å². The second kappa shape index (κ2) is 13.4. The summed E-state index contributed by atoms with van der Waals surface area (Å²) >= 11 is 6.58. The molecule has 3 fully saturated rings. The second-order valence-corrected chi connectivity index (χ2v) is 19.9. The Bertz CT molecular complexity index is 1610. The Kier molecular flexibility index (Phi) is 9.57. The highest BCUT2D eigenvalue weighted by Gasteiger charge is 2.62. The fourth-order valence-corrected chi connectivity index (χ4v) is 7.69. The zero-order valence-electron chi connectivity index (χ0n) is 28.1. The predicted octanol–water partition coefficient (Wildman–Crippen LogP) is 8.26. The minimum absolute atomic E-state index is 0.109. The van der Waals surface area contributed by atoms with Crippen molar-refractivity contribution in [3.05, 3.63) is 82.9 Å². The highest BCUT2D eigenvalue weighted by molar-refractivity contribution is 6.74. The molecule has 0 aromatic heterocycles. The Labute approximate surface area is 284 Å². The smallest absolute Gasteiger partial charge is 0.411 e. The number of benzene rings is 3. The number of ether oxygens (including phenoxy) is 2. The highest BCUT2D eigenvalue weighted by Crippen LogP contribution is 2.48. The summed E-state index contributed by atoms with van der Waals surface area (Å²) in [6.07, 6.45) is 2.28. The molecule has 0 aliphatic carbocycles. The molecule has 0 saturated carbocycles. The number of hydrogen-bond donors (Lipinski definition) is 2. The number of likely N-dealkylation sites (N-methyl/N-ethyl adjacent to an activating group) is 1. The average molecular weight is 676 g/mol. The van der Waals surface area contributed by atoms with Crippen LogP contribution in [-0.4, -0.2) is 62.7 Å². The molecule has 47 heavy (non-hydrogen) atoms. The van der Waals surface area contributed by atoms with Crippen molar-refractivity contribution in [1.82, 2.24) is 4.90 Å². The van der Waals surface area contributed by atoms with Crippen molar-refractivity contribution in [1.29, 1.82) is 0 Å². The summed E-state index contributed by atoms with van der Waals surface area (Å²) in [6, 6.07) is 22.0. The van der Waals surface area contributed by atoms with Crippen LogP contribution >= 0.6 is 11.6 Å². The van der Waals surface area contributed by atoms with Crippen LogP contribution in [0.15, 0.2) is 66.7 Å². The van der Waals surface area contributed by atoms with Crippen LogP contribution in [0.5, 0.6) is 0 Å². The van der Waals surface area contributed by atoms with Gasteiger partial charge in [0.05, 0.1) is 12.3 Å². The van der Waals surface area contributed by atoms with Gasteiger partial charge < -0.3 is 19.2 Å². The molecule has 3 saturated heterocycles. The number of morpholine rings is 1. The number of fused-ring (bicyclic) bond motifs is 5. The van der Waals surface area contributed by atoms with Crippen molar-refractivity contribution in [3.8, 4) is 11.1 Å². The van der Waals surface area contributed by atoms with Crippen LogP contribution < -0.4 is 10.6 Å². The van der Waals surface area contributed by atoms with E-state index in [4.69, 9.17) is 25.5 Å². The molecule has 3 aromatic carbocycles. The maximum Gasteiger partial charge on any atom is 0.411 e. The van der Waals surface area contributed by atoms with Crippen LogP contribution in [0.1, 0.15) is 51.2 Å². The summed E-state index contributed by atoms with van der Waals surface area (Å²) < 4.78 is 18.1. The number of rotatable bonds is 10. The van der Waals surface area contributed by atoms with Gasteiger partial charge in [-0.15, -0.1) is 0 Å². The number of aryl methyl sites for hydroxylation is 1. The Hall–Kier alpha value is -3.21. The standard InChI is InChI=1S/C37H46ClN3O5Si/c1-37(2,3)47(5,6)44-22-25-14-15-26(19-29(25)38)39-33(42)17-13-23-12-16-28(24-10-8-7-9-11-24)30(18-23)40-36(43)45-27-20-31-34-35(46-34)32(21-27)41(31)4/h7-12,14-16,18-19,27,31-32,34-35H,13,17,20-22H2,1-6H3,(H,39,42)(H,40,43). The summed E-state index contributed by atoms with van der Waals surface area (Å²) in [4.78, 5) is 28.5. The zero-order chi connectivity index (χ0) is 33.5. The lowest BCUT2D eigenvalue weighted by atomic mass is 9.99. The van der Waals surface area contributed by atoms with Gasteiger partial charge in [0.2, 0.25) is 5.91 Å². The second-order valence-electron chi connectivity index (χ2n) is 14.6. The number of nitrogens with zero attached hydrogens (tertiary/aromatic N) is 1. The normalized spacial score (nSPS) is 23.6. The van der Waals surface area contributed by atoms with Gasteiger partial charge in [0.1, 0.15) is 18.3 Å². The van der Waals surface area contributed by atoms with E-state index in [1.54, 1.807) is 6.07 Å². The van der Waals surface area contributed by atoms with Crippen molar-refractivity contribution in [2.45, 2.75) is 102 Å². The summed E-state index contributed by atoms with van der Waals surface area (Å²) in [5.74, 6) is -0.119. The number of carbonyl (C=O) groups excluding carboxylic acids is 2. The minimum Gasteiger partial charge on any atom is -0.446 e. The number of carbonyl (C=O) groups is 2. The Morgan fingerprint density at radius 3 is 2.34 bits per heavy atom. The molecule has 2 amide bonds. The molecule has 0 radical (unpaired) electrons. The molecule has 0 spiro atoms. The first kappa shape index (κ1) is 33.7. The van der Waals surface area contributed by atoms with Gasteiger partial charge in [0, 0.05) is 47.6 Å². The van der Waals surface area contributed by atoms with Gasteiger partial charge in [0.25, 0.3) is 0 Å².